The van der Waals surface area contributed by atoms with Gasteiger partial charge in [0.15, 0.2) is 0 Å². The van der Waals surface area contributed by atoms with E-state index in [1.54, 1.807) is 12.4 Å². The number of hydrogen-bond donors (Lipinski definition) is 0. The van der Waals surface area contributed by atoms with Gasteiger partial charge in [0, 0.05) is 25.3 Å². The van der Waals surface area contributed by atoms with Gasteiger partial charge in [-0.1, -0.05) is 0 Å². The zero-order valence-corrected chi connectivity index (χ0v) is 13.1. The fourth-order valence-electron chi connectivity index (χ4n) is 3.74. The molecule has 3 saturated heterocycles. The van der Waals surface area contributed by atoms with Crippen LogP contribution in [0.25, 0.3) is 0 Å². The number of ether oxygens (including phenoxy) is 3. The smallest absolute Gasteiger partial charge is 0.228 e. The van der Waals surface area contributed by atoms with Gasteiger partial charge in [0.1, 0.15) is 11.4 Å². The van der Waals surface area contributed by atoms with Crippen LogP contribution in [0.15, 0.2) is 24.5 Å². The average Bonchev–Trinajstić information content (AvgIpc) is 3.21. The minimum atomic E-state index is -0.211. The Morgan fingerprint density at radius 2 is 2.30 bits per heavy atom. The molecule has 3 aliphatic heterocycles. The van der Waals surface area contributed by atoms with Crippen molar-refractivity contribution in [2.45, 2.75) is 18.4 Å². The lowest BCUT2D eigenvalue weighted by Gasteiger charge is -2.50. The molecule has 3 aliphatic rings. The van der Waals surface area contributed by atoms with E-state index < -0.39 is 0 Å². The van der Waals surface area contributed by atoms with Gasteiger partial charge in [-0.3, -0.25) is 9.78 Å². The lowest BCUT2D eigenvalue weighted by Crippen LogP contribution is -2.67. The highest BCUT2D eigenvalue weighted by atomic mass is 16.5. The molecule has 0 aliphatic carbocycles. The van der Waals surface area contributed by atoms with Crippen molar-refractivity contribution in [1.82, 2.24) is 9.88 Å². The van der Waals surface area contributed by atoms with Crippen LogP contribution in [0.5, 0.6) is 5.75 Å². The van der Waals surface area contributed by atoms with Crippen LogP contribution in [0.3, 0.4) is 0 Å². The summed E-state index contributed by atoms with van der Waals surface area (Å²) in [5.74, 6) is 1.37. The Morgan fingerprint density at radius 3 is 3.04 bits per heavy atom. The predicted molar refractivity (Wildman–Crippen MR) is 82.0 cm³/mol. The molecule has 1 aromatic rings. The summed E-state index contributed by atoms with van der Waals surface area (Å²) in [6, 6.07) is 3.77. The Morgan fingerprint density at radius 1 is 1.39 bits per heavy atom. The van der Waals surface area contributed by atoms with E-state index in [9.17, 15) is 4.79 Å². The first-order chi connectivity index (χ1) is 11.3. The van der Waals surface area contributed by atoms with E-state index >= 15 is 0 Å². The van der Waals surface area contributed by atoms with Crippen molar-refractivity contribution in [3.05, 3.63) is 24.5 Å². The summed E-state index contributed by atoms with van der Waals surface area (Å²) in [6.45, 7) is 3.99. The monoisotopic (exact) mass is 318 g/mol. The third-order valence-electron chi connectivity index (χ3n) is 5.19. The standard InChI is InChI=1S/C17H22N2O4/c20-16(13-3-6-21-9-13)19-11-17(12-19)14(4-7-23-17)10-22-15-2-1-5-18-8-15/h1-2,5,8,13-14H,3-4,6-7,9-12H2/t13-,14-/m0/s1. The van der Waals surface area contributed by atoms with Gasteiger partial charge in [-0.25, -0.2) is 0 Å². The normalized spacial score (nSPS) is 28.8. The van der Waals surface area contributed by atoms with Crippen LogP contribution in [0, 0.1) is 11.8 Å². The van der Waals surface area contributed by atoms with Crippen molar-refractivity contribution in [1.29, 1.82) is 0 Å². The molecule has 0 radical (unpaired) electrons. The maximum atomic E-state index is 12.4. The van der Waals surface area contributed by atoms with Crippen LogP contribution in [-0.4, -0.2) is 60.9 Å². The maximum Gasteiger partial charge on any atom is 0.228 e. The fraction of sp³-hybridized carbons (Fsp3) is 0.647. The molecule has 4 rings (SSSR count). The molecule has 1 amide bonds. The van der Waals surface area contributed by atoms with Gasteiger partial charge < -0.3 is 19.1 Å². The van der Waals surface area contributed by atoms with Crippen LogP contribution in [0.2, 0.25) is 0 Å². The molecule has 4 heterocycles. The highest BCUT2D eigenvalue weighted by Gasteiger charge is 2.55. The highest BCUT2D eigenvalue weighted by Crippen LogP contribution is 2.41. The number of carbonyl (C=O) groups is 1. The van der Waals surface area contributed by atoms with Crippen molar-refractivity contribution in [3.63, 3.8) is 0 Å². The van der Waals surface area contributed by atoms with Crippen LogP contribution in [0.1, 0.15) is 12.8 Å². The Labute approximate surface area is 135 Å². The molecule has 0 bridgehead atoms. The Kier molecular flexibility index (Phi) is 3.95. The number of rotatable bonds is 4. The van der Waals surface area contributed by atoms with Gasteiger partial charge in [0.2, 0.25) is 5.91 Å². The number of carbonyl (C=O) groups excluding carboxylic acids is 1. The average molecular weight is 318 g/mol. The van der Waals surface area contributed by atoms with E-state index in [-0.39, 0.29) is 17.4 Å². The molecule has 1 aromatic heterocycles. The molecule has 6 heteroatoms. The van der Waals surface area contributed by atoms with E-state index in [0.29, 0.717) is 38.8 Å². The second kappa shape index (κ2) is 6.09. The van der Waals surface area contributed by atoms with Crippen molar-refractivity contribution in [3.8, 4) is 5.75 Å². The molecule has 0 N–H and O–H groups in total. The van der Waals surface area contributed by atoms with E-state index in [0.717, 1.165) is 25.2 Å². The molecule has 0 saturated carbocycles. The minimum Gasteiger partial charge on any atom is -0.492 e. The topological polar surface area (TPSA) is 60.9 Å². The Balaban J connectivity index is 1.33. The molecule has 0 aromatic carbocycles. The maximum absolute atomic E-state index is 12.4. The molecule has 1 spiro atoms. The second-order valence-electron chi connectivity index (χ2n) is 6.65. The number of likely N-dealkylation sites (tertiary alicyclic amines) is 1. The van der Waals surface area contributed by atoms with Crippen molar-refractivity contribution < 1.29 is 19.0 Å². The summed E-state index contributed by atoms with van der Waals surface area (Å²) in [5, 5.41) is 0. The third-order valence-corrected chi connectivity index (χ3v) is 5.19. The fourth-order valence-corrected chi connectivity index (χ4v) is 3.74. The first-order valence-corrected chi connectivity index (χ1v) is 8.30. The quantitative estimate of drug-likeness (QED) is 0.832. The Bertz CT molecular complexity index is 553. The Hall–Kier alpha value is -1.66. The lowest BCUT2D eigenvalue weighted by atomic mass is 9.80. The summed E-state index contributed by atoms with van der Waals surface area (Å²) in [6.07, 6.45) is 5.28. The van der Waals surface area contributed by atoms with E-state index in [2.05, 4.69) is 4.98 Å². The van der Waals surface area contributed by atoms with Crippen LogP contribution < -0.4 is 4.74 Å². The highest BCUT2D eigenvalue weighted by molar-refractivity contribution is 5.80. The van der Waals surface area contributed by atoms with Gasteiger partial charge in [-0.2, -0.15) is 0 Å². The van der Waals surface area contributed by atoms with Gasteiger partial charge in [-0.15, -0.1) is 0 Å². The number of hydrogen-bond acceptors (Lipinski definition) is 5. The molecule has 124 valence electrons. The zero-order chi connectivity index (χ0) is 15.7. The summed E-state index contributed by atoms with van der Waals surface area (Å²) in [4.78, 5) is 18.4. The van der Waals surface area contributed by atoms with E-state index in [1.165, 1.54) is 0 Å². The summed E-state index contributed by atoms with van der Waals surface area (Å²) >= 11 is 0. The summed E-state index contributed by atoms with van der Waals surface area (Å²) < 4.78 is 17.2. The number of aromatic nitrogens is 1. The lowest BCUT2D eigenvalue weighted by molar-refractivity contribution is -0.170. The van der Waals surface area contributed by atoms with Gasteiger partial charge in [0.25, 0.3) is 0 Å². The van der Waals surface area contributed by atoms with Crippen molar-refractivity contribution >= 4 is 5.91 Å². The molecule has 3 fully saturated rings. The molecular formula is C17H22N2O4. The predicted octanol–water partition coefficient (Wildman–Crippen LogP) is 1.11. The second-order valence-corrected chi connectivity index (χ2v) is 6.65. The van der Waals surface area contributed by atoms with Crippen LogP contribution in [-0.2, 0) is 14.3 Å². The summed E-state index contributed by atoms with van der Waals surface area (Å²) in [5.41, 5.74) is -0.211. The summed E-state index contributed by atoms with van der Waals surface area (Å²) in [7, 11) is 0. The van der Waals surface area contributed by atoms with Crippen molar-refractivity contribution in [2.75, 3.05) is 39.5 Å². The number of pyridine rings is 1. The SMILES string of the molecule is O=C([C@H]1CCOC1)N1CC2(C1)OCC[C@H]2COc1cccnc1. The molecule has 23 heavy (non-hydrogen) atoms. The van der Waals surface area contributed by atoms with Crippen LogP contribution >= 0.6 is 0 Å². The molecule has 0 unspecified atom stereocenters. The van der Waals surface area contributed by atoms with Crippen LogP contribution in [0.4, 0.5) is 0 Å². The number of amides is 1. The van der Waals surface area contributed by atoms with E-state index in [1.807, 2.05) is 17.0 Å². The third kappa shape index (κ3) is 2.81. The van der Waals surface area contributed by atoms with Gasteiger partial charge in [0.05, 0.1) is 38.4 Å². The first-order valence-electron chi connectivity index (χ1n) is 8.30. The minimum absolute atomic E-state index is 0.0406. The van der Waals surface area contributed by atoms with Gasteiger partial charge in [-0.05, 0) is 25.0 Å². The largest absolute Gasteiger partial charge is 0.492 e. The number of nitrogens with zero attached hydrogens (tertiary/aromatic N) is 2. The first kappa shape index (κ1) is 14.9. The van der Waals surface area contributed by atoms with Crippen molar-refractivity contribution in [2.24, 2.45) is 11.8 Å². The van der Waals surface area contributed by atoms with Gasteiger partial charge >= 0.3 is 0 Å². The molecule has 6 nitrogen and oxygen atoms in total. The van der Waals surface area contributed by atoms with E-state index in [4.69, 9.17) is 14.2 Å². The zero-order valence-electron chi connectivity index (χ0n) is 13.1. The molecule has 2 atom stereocenters. The molecular weight excluding hydrogens is 296 g/mol.